The smallest absolute Gasteiger partial charge is 0.101 e. The predicted octanol–water partition coefficient (Wildman–Crippen LogP) is 4.84. The summed E-state index contributed by atoms with van der Waals surface area (Å²) in [5.74, 6) is 0.787. The van der Waals surface area contributed by atoms with E-state index in [9.17, 15) is 5.26 Å². The van der Waals surface area contributed by atoms with Gasteiger partial charge in [-0.25, -0.2) is 0 Å². The van der Waals surface area contributed by atoms with E-state index in [1.54, 1.807) is 12.1 Å². The van der Waals surface area contributed by atoms with Crippen molar-refractivity contribution in [2.45, 2.75) is 46.1 Å². The fraction of sp³-hybridized carbons (Fsp3) is 0.588. The van der Waals surface area contributed by atoms with Gasteiger partial charge in [0.1, 0.15) is 6.07 Å². The quantitative estimate of drug-likeness (QED) is 0.845. The molecule has 20 heavy (non-hydrogen) atoms. The molecule has 3 heteroatoms. The minimum Gasteiger partial charge on any atom is -0.380 e. The third kappa shape index (κ3) is 1.91. The molecule has 2 nitrogen and oxygen atoms in total. The van der Waals surface area contributed by atoms with Gasteiger partial charge in [0.25, 0.3) is 0 Å². The molecule has 1 aromatic rings. The number of benzene rings is 1. The van der Waals surface area contributed by atoms with Crippen LogP contribution in [-0.4, -0.2) is 6.04 Å². The molecule has 2 bridgehead atoms. The van der Waals surface area contributed by atoms with Crippen LogP contribution in [0.4, 0.5) is 5.69 Å². The normalized spacial score (nSPS) is 34.0. The second-order valence-corrected chi connectivity index (χ2v) is 7.73. The van der Waals surface area contributed by atoms with Crippen molar-refractivity contribution in [1.29, 1.82) is 5.26 Å². The lowest BCUT2D eigenvalue weighted by molar-refractivity contribution is 0.155. The SMILES string of the molecule is CC12CCC(C1)C(C)(C)C2Nc1cc(Cl)ccc1C#N. The second-order valence-electron chi connectivity index (χ2n) is 7.29. The Kier molecular flexibility index (Phi) is 3.03. The van der Waals surface area contributed by atoms with E-state index in [0.29, 0.717) is 22.0 Å². The van der Waals surface area contributed by atoms with Gasteiger partial charge in [0.15, 0.2) is 0 Å². The van der Waals surface area contributed by atoms with Crippen molar-refractivity contribution in [3.63, 3.8) is 0 Å². The minimum absolute atomic E-state index is 0.266. The Morgan fingerprint density at radius 1 is 1.35 bits per heavy atom. The molecule has 0 aromatic heterocycles. The highest BCUT2D eigenvalue weighted by Gasteiger charge is 2.59. The Morgan fingerprint density at radius 2 is 2.10 bits per heavy atom. The van der Waals surface area contributed by atoms with Crippen molar-refractivity contribution in [2.75, 3.05) is 5.32 Å². The van der Waals surface area contributed by atoms with Crippen LogP contribution >= 0.6 is 11.6 Å². The summed E-state index contributed by atoms with van der Waals surface area (Å²) in [6.45, 7) is 7.10. The van der Waals surface area contributed by atoms with Crippen LogP contribution in [-0.2, 0) is 0 Å². The molecule has 1 aromatic carbocycles. The molecule has 1 N–H and O–H groups in total. The fourth-order valence-electron chi connectivity index (χ4n) is 4.55. The van der Waals surface area contributed by atoms with Crippen LogP contribution < -0.4 is 5.32 Å². The molecule has 0 radical (unpaired) electrons. The van der Waals surface area contributed by atoms with Crippen molar-refractivity contribution in [3.05, 3.63) is 28.8 Å². The van der Waals surface area contributed by atoms with Gasteiger partial charge < -0.3 is 5.32 Å². The van der Waals surface area contributed by atoms with Crippen LogP contribution in [0.3, 0.4) is 0 Å². The van der Waals surface area contributed by atoms with Crippen LogP contribution in [0.15, 0.2) is 18.2 Å². The molecule has 3 atom stereocenters. The Balaban J connectivity index is 1.96. The highest BCUT2D eigenvalue weighted by molar-refractivity contribution is 6.30. The van der Waals surface area contributed by atoms with Crippen molar-refractivity contribution in [3.8, 4) is 6.07 Å². The number of nitrogens with one attached hydrogen (secondary N) is 1. The summed E-state index contributed by atoms with van der Waals surface area (Å²) >= 11 is 6.09. The van der Waals surface area contributed by atoms with Gasteiger partial charge >= 0.3 is 0 Å². The molecule has 3 rings (SSSR count). The highest BCUT2D eigenvalue weighted by Crippen LogP contribution is 2.63. The molecule has 2 aliphatic rings. The first-order chi connectivity index (χ1) is 9.37. The van der Waals surface area contributed by atoms with E-state index in [1.807, 2.05) is 6.07 Å². The molecule has 0 amide bonds. The molecule has 0 aliphatic heterocycles. The number of nitrogens with zero attached hydrogens (tertiary/aromatic N) is 1. The zero-order valence-electron chi connectivity index (χ0n) is 12.3. The highest BCUT2D eigenvalue weighted by atomic mass is 35.5. The zero-order chi connectivity index (χ0) is 14.5. The molecule has 3 unspecified atom stereocenters. The number of rotatable bonds is 2. The van der Waals surface area contributed by atoms with Crippen LogP contribution in [0.2, 0.25) is 5.02 Å². The third-order valence-electron chi connectivity index (χ3n) is 5.67. The Labute approximate surface area is 126 Å². The summed E-state index contributed by atoms with van der Waals surface area (Å²) in [7, 11) is 0. The lowest BCUT2D eigenvalue weighted by atomic mass is 9.68. The zero-order valence-corrected chi connectivity index (χ0v) is 13.1. The Hall–Kier alpha value is -1.20. The van der Waals surface area contributed by atoms with Gasteiger partial charge in [0, 0.05) is 11.1 Å². The number of halogens is 1. The van der Waals surface area contributed by atoms with Crippen LogP contribution in [0.25, 0.3) is 0 Å². The Bertz CT molecular complexity index is 582. The monoisotopic (exact) mass is 288 g/mol. The summed E-state index contributed by atoms with van der Waals surface area (Å²) < 4.78 is 0. The number of fused-ring (bicyclic) bond motifs is 2. The van der Waals surface area contributed by atoms with E-state index in [0.717, 1.165) is 11.6 Å². The van der Waals surface area contributed by atoms with E-state index in [1.165, 1.54) is 19.3 Å². The molecule has 2 fully saturated rings. The second kappa shape index (κ2) is 4.40. The van der Waals surface area contributed by atoms with E-state index < -0.39 is 0 Å². The van der Waals surface area contributed by atoms with Crippen molar-refractivity contribution in [2.24, 2.45) is 16.7 Å². The first-order valence-corrected chi connectivity index (χ1v) is 7.71. The van der Waals surface area contributed by atoms with Crippen molar-refractivity contribution >= 4 is 17.3 Å². The largest absolute Gasteiger partial charge is 0.380 e. The molecule has 0 heterocycles. The molecule has 0 spiro atoms. The van der Waals surface area contributed by atoms with Gasteiger partial charge in [0.2, 0.25) is 0 Å². The van der Waals surface area contributed by atoms with Crippen LogP contribution in [0.1, 0.15) is 45.6 Å². The van der Waals surface area contributed by atoms with E-state index >= 15 is 0 Å². The Morgan fingerprint density at radius 3 is 2.70 bits per heavy atom. The van der Waals surface area contributed by atoms with E-state index in [4.69, 9.17) is 11.6 Å². The number of nitriles is 1. The van der Waals surface area contributed by atoms with E-state index in [2.05, 4.69) is 32.2 Å². The lowest BCUT2D eigenvalue weighted by Gasteiger charge is -2.43. The van der Waals surface area contributed by atoms with Gasteiger partial charge in [-0.05, 0) is 54.2 Å². The minimum atomic E-state index is 0.266. The van der Waals surface area contributed by atoms with Gasteiger partial charge in [-0.15, -0.1) is 0 Å². The maximum absolute atomic E-state index is 9.28. The fourth-order valence-corrected chi connectivity index (χ4v) is 4.72. The van der Waals surface area contributed by atoms with Crippen molar-refractivity contribution < 1.29 is 0 Å². The lowest BCUT2D eigenvalue weighted by Crippen LogP contribution is -2.45. The molecule has 2 saturated carbocycles. The molecule has 0 saturated heterocycles. The average molecular weight is 289 g/mol. The summed E-state index contributed by atoms with van der Waals surface area (Å²) in [4.78, 5) is 0. The van der Waals surface area contributed by atoms with E-state index in [-0.39, 0.29) is 5.41 Å². The molecule has 106 valence electrons. The van der Waals surface area contributed by atoms with Crippen LogP contribution in [0, 0.1) is 28.1 Å². The van der Waals surface area contributed by atoms with Gasteiger partial charge in [0.05, 0.1) is 11.3 Å². The van der Waals surface area contributed by atoms with Crippen molar-refractivity contribution in [1.82, 2.24) is 0 Å². The first kappa shape index (κ1) is 13.8. The standard InChI is InChI=1S/C17H21ClN2/c1-16(2)12-6-7-17(3,9-12)15(16)20-14-8-13(18)5-4-11(14)10-19/h4-5,8,12,15,20H,6-7,9H2,1-3H3. The van der Waals surface area contributed by atoms with Crippen LogP contribution in [0.5, 0.6) is 0 Å². The predicted molar refractivity (Wildman–Crippen MR) is 82.8 cm³/mol. The summed E-state index contributed by atoms with van der Waals surface area (Å²) in [5, 5.41) is 13.6. The van der Waals surface area contributed by atoms with Gasteiger partial charge in [-0.3, -0.25) is 0 Å². The first-order valence-electron chi connectivity index (χ1n) is 7.33. The molecular weight excluding hydrogens is 268 g/mol. The summed E-state index contributed by atoms with van der Waals surface area (Å²) in [6.07, 6.45) is 3.91. The number of hydrogen-bond donors (Lipinski definition) is 1. The third-order valence-corrected chi connectivity index (χ3v) is 5.91. The summed E-state index contributed by atoms with van der Waals surface area (Å²) in [5.41, 5.74) is 2.16. The average Bonchev–Trinajstić information content (AvgIpc) is 2.86. The maximum Gasteiger partial charge on any atom is 0.101 e. The topological polar surface area (TPSA) is 35.8 Å². The maximum atomic E-state index is 9.28. The number of anilines is 1. The molecule has 2 aliphatic carbocycles. The molecular formula is C17H21ClN2. The summed E-state index contributed by atoms with van der Waals surface area (Å²) in [6, 6.07) is 8.12. The number of hydrogen-bond acceptors (Lipinski definition) is 2. The van der Waals surface area contributed by atoms with Gasteiger partial charge in [-0.1, -0.05) is 32.4 Å². The van der Waals surface area contributed by atoms with Gasteiger partial charge in [-0.2, -0.15) is 5.26 Å².